The maximum absolute atomic E-state index is 13.2. The first kappa shape index (κ1) is 20.0. The molecule has 5 nitrogen and oxygen atoms in total. The van der Waals surface area contributed by atoms with Gasteiger partial charge in [-0.15, -0.1) is 0 Å². The molecule has 3 aliphatic heterocycles. The number of hydrogen-bond acceptors (Lipinski definition) is 5. The Morgan fingerprint density at radius 1 is 1.31 bits per heavy atom. The van der Waals surface area contributed by atoms with Crippen LogP contribution >= 0.6 is 11.6 Å². The molecule has 0 spiro atoms. The first-order valence-electron chi connectivity index (χ1n) is 10.0. The summed E-state index contributed by atoms with van der Waals surface area (Å²) in [6.07, 6.45) is 7.96. The van der Waals surface area contributed by atoms with E-state index in [9.17, 15) is 9.59 Å². The molecule has 0 saturated heterocycles. The number of esters is 1. The van der Waals surface area contributed by atoms with E-state index in [1.165, 1.54) is 0 Å². The molecule has 3 heterocycles. The number of carbonyl (C=O) groups excluding carboxylic acids is 2. The van der Waals surface area contributed by atoms with Crippen molar-refractivity contribution in [1.82, 2.24) is 0 Å². The third-order valence-electron chi connectivity index (χ3n) is 6.41. The SMILES string of the molecule is CC[C@H](C)/C=C/C1=CC2=C(Cl)C(=O)[C@@]3(C)OC4=C(C(=O)O[C@@H](C)[C@H]4C)[C@H]3C2=CO1. The van der Waals surface area contributed by atoms with Crippen molar-refractivity contribution in [3.63, 3.8) is 0 Å². The maximum Gasteiger partial charge on any atom is 0.338 e. The van der Waals surface area contributed by atoms with E-state index in [1.54, 1.807) is 19.3 Å². The molecule has 0 N–H and O–H groups in total. The molecular weight excluding hydrogens is 392 g/mol. The van der Waals surface area contributed by atoms with Gasteiger partial charge < -0.3 is 14.2 Å². The molecule has 0 unspecified atom stereocenters. The zero-order valence-corrected chi connectivity index (χ0v) is 18.0. The van der Waals surface area contributed by atoms with Crippen molar-refractivity contribution in [1.29, 1.82) is 0 Å². The lowest BCUT2D eigenvalue weighted by Gasteiger charge is -2.37. The predicted molar refractivity (Wildman–Crippen MR) is 108 cm³/mol. The minimum Gasteiger partial charge on any atom is -0.482 e. The lowest BCUT2D eigenvalue weighted by molar-refractivity contribution is -0.148. The molecule has 4 aliphatic rings. The van der Waals surface area contributed by atoms with Crippen LogP contribution in [0.4, 0.5) is 0 Å². The minimum absolute atomic E-state index is 0.0988. The first-order valence-corrected chi connectivity index (χ1v) is 10.4. The number of rotatable bonds is 3. The molecule has 154 valence electrons. The van der Waals surface area contributed by atoms with E-state index in [4.69, 9.17) is 25.8 Å². The molecule has 4 rings (SSSR count). The predicted octanol–water partition coefficient (Wildman–Crippen LogP) is 4.70. The summed E-state index contributed by atoms with van der Waals surface area (Å²) in [7, 11) is 0. The Labute approximate surface area is 175 Å². The van der Waals surface area contributed by atoms with E-state index >= 15 is 0 Å². The summed E-state index contributed by atoms with van der Waals surface area (Å²) in [4.78, 5) is 26.0. The van der Waals surface area contributed by atoms with Crippen molar-refractivity contribution in [3.05, 3.63) is 57.8 Å². The zero-order chi connectivity index (χ0) is 21.1. The smallest absolute Gasteiger partial charge is 0.338 e. The molecule has 5 atom stereocenters. The van der Waals surface area contributed by atoms with Gasteiger partial charge >= 0.3 is 5.97 Å². The van der Waals surface area contributed by atoms with Crippen LogP contribution in [0.1, 0.15) is 41.0 Å². The lowest BCUT2D eigenvalue weighted by Crippen LogP contribution is -2.47. The van der Waals surface area contributed by atoms with Gasteiger partial charge in [0.1, 0.15) is 17.6 Å². The normalized spacial score (nSPS) is 34.6. The van der Waals surface area contributed by atoms with Gasteiger partial charge in [-0.1, -0.05) is 44.9 Å². The topological polar surface area (TPSA) is 61.8 Å². The van der Waals surface area contributed by atoms with Crippen LogP contribution in [0.5, 0.6) is 0 Å². The Morgan fingerprint density at radius 2 is 2.03 bits per heavy atom. The zero-order valence-electron chi connectivity index (χ0n) is 17.2. The van der Waals surface area contributed by atoms with Gasteiger partial charge in [-0.25, -0.2) is 4.79 Å². The Kier molecular flexibility index (Phi) is 4.77. The number of carbonyl (C=O) groups is 2. The first-order chi connectivity index (χ1) is 13.7. The van der Waals surface area contributed by atoms with Gasteiger partial charge in [0.15, 0.2) is 5.60 Å². The van der Waals surface area contributed by atoms with E-state index < -0.39 is 17.5 Å². The number of ketones is 1. The molecule has 6 heteroatoms. The van der Waals surface area contributed by atoms with Crippen LogP contribution < -0.4 is 0 Å². The highest BCUT2D eigenvalue weighted by molar-refractivity contribution is 6.45. The fourth-order valence-electron chi connectivity index (χ4n) is 4.18. The number of ether oxygens (including phenoxy) is 3. The molecule has 0 saturated carbocycles. The quantitative estimate of drug-likeness (QED) is 0.624. The lowest BCUT2D eigenvalue weighted by atomic mass is 9.69. The maximum atomic E-state index is 13.2. The highest BCUT2D eigenvalue weighted by Crippen LogP contribution is 2.55. The molecule has 0 amide bonds. The van der Waals surface area contributed by atoms with Crippen molar-refractivity contribution in [2.24, 2.45) is 17.8 Å². The summed E-state index contributed by atoms with van der Waals surface area (Å²) in [5.41, 5.74) is 0.359. The van der Waals surface area contributed by atoms with E-state index in [0.29, 0.717) is 34.2 Å². The van der Waals surface area contributed by atoms with Crippen LogP contribution in [0.3, 0.4) is 0 Å². The largest absolute Gasteiger partial charge is 0.482 e. The monoisotopic (exact) mass is 416 g/mol. The van der Waals surface area contributed by atoms with Crippen molar-refractivity contribution < 1.29 is 23.8 Å². The van der Waals surface area contributed by atoms with Gasteiger partial charge in [0.2, 0.25) is 5.78 Å². The average molecular weight is 417 g/mol. The molecule has 29 heavy (non-hydrogen) atoms. The molecule has 0 fully saturated rings. The summed E-state index contributed by atoms with van der Waals surface area (Å²) in [6, 6.07) is 0. The molecule has 0 radical (unpaired) electrons. The molecule has 0 aromatic carbocycles. The fourth-order valence-corrected chi connectivity index (χ4v) is 4.54. The fraction of sp³-hybridized carbons (Fsp3) is 0.478. The number of Topliss-reactive ketones (excluding diaryl/α,β-unsaturated/α-hetero) is 1. The number of cyclic esters (lactones) is 1. The van der Waals surface area contributed by atoms with Gasteiger partial charge in [-0.05, 0) is 31.9 Å². The third kappa shape index (κ3) is 2.90. The summed E-state index contributed by atoms with van der Waals surface area (Å²) < 4.78 is 17.5. The van der Waals surface area contributed by atoms with Gasteiger partial charge in [-0.3, -0.25) is 4.79 Å². The van der Waals surface area contributed by atoms with Crippen LogP contribution in [0.25, 0.3) is 0 Å². The molecule has 1 aliphatic carbocycles. The number of fused-ring (bicyclic) bond motifs is 4. The van der Waals surface area contributed by atoms with Crippen molar-refractivity contribution in [2.75, 3.05) is 0 Å². The van der Waals surface area contributed by atoms with Crippen molar-refractivity contribution >= 4 is 23.4 Å². The van der Waals surface area contributed by atoms with Gasteiger partial charge in [-0.2, -0.15) is 0 Å². The average Bonchev–Trinajstić information content (AvgIpc) is 3.03. The molecular formula is C23H25ClO5. The van der Waals surface area contributed by atoms with E-state index in [1.807, 2.05) is 19.9 Å². The van der Waals surface area contributed by atoms with Gasteiger partial charge in [0, 0.05) is 11.1 Å². The van der Waals surface area contributed by atoms with Gasteiger partial charge in [0.25, 0.3) is 0 Å². The highest BCUT2D eigenvalue weighted by Gasteiger charge is 2.61. The number of hydrogen-bond donors (Lipinski definition) is 0. The third-order valence-corrected chi connectivity index (χ3v) is 6.78. The second kappa shape index (κ2) is 6.91. The second-order valence-electron chi connectivity index (χ2n) is 8.36. The Bertz CT molecular complexity index is 950. The van der Waals surface area contributed by atoms with Crippen LogP contribution in [0, 0.1) is 17.8 Å². The number of halogens is 1. The Morgan fingerprint density at radius 3 is 2.72 bits per heavy atom. The summed E-state index contributed by atoms with van der Waals surface area (Å²) in [6.45, 7) is 9.66. The number of allylic oxidation sites excluding steroid dienone is 4. The van der Waals surface area contributed by atoms with Crippen LogP contribution in [0.2, 0.25) is 0 Å². The molecule has 0 aromatic rings. The molecule has 0 aromatic heterocycles. The van der Waals surface area contributed by atoms with Crippen molar-refractivity contribution in [2.45, 2.75) is 52.7 Å². The van der Waals surface area contributed by atoms with Crippen LogP contribution in [0.15, 0.2) is 57.8 Å². The van der Waals surface area contributed by atoms with Crippen LogP contribution in [-0.4, -0.2) is 23.5 Å². The summed E-state index contributed by atoms with van der Waals surface area (Å²) >= 11 is 6.50. The van der Waals surface area contributed by atoms with Crippen LogP contribution in [-0.2, 0) is 23.8 Å². The second-order valence-corrected chi connectivity index (χ2v) is 8.74. The van der Waals surface area contributed by atoms with E-state index in [2.05, 4.69) is 19.9 Å². The van der Waals surface area contributed by atoms with E-state index in [-0.39, 0.29) is 22.8 Å². The summed E-state index contributed by atoms with van der Waals surface area (Å²) in [5, 5.41) is 0.0988. The van der Waals surface area contributed by atoms with Gasteiger partial charge in [0.05, 0.1) is 28.7 Å². The standard InChI is InChI=1S/C23H25ClO5/c1-6-11(2)7-8-14-9-15-16(10-27-14)18-17-20(12(3)13(4)28-22(17)26)29-23(18,5)21(25)19(15)24/h7-13,18H,6H2,1-5H3/b8-7+/t11-,12+,13-,18+,23-/m0/s1. The Balaban J connectivity index is 1.79. The molecule has 0 bridgehead atoms. The highest BCUT2D eigenvalue weighted by atomic mass is 35.5. The minimum atomic E-state index is -1.28. The summed E-state index contributed by atoms with van der Waals surface area (Å²) in [5.74, 6) is -0.00984. The van der Waals surface area contributed by atoms with Crippen molar-refractivity contribution in [3.8, 4) is 0 Å². The van der Waals surface area contributed by atoms with E-state index in [0.717, 1.165) is 6.42 Å². The Hall–Kier alpha value is -2.27.